The van der Waals surface area contributed by atoms with Crippen molar-refractivity contribution in [3.05, 3.63) is 43.6 Å². The van der Waals surface area contributed by atoms with Gasteiger partial charge in [0.2, 0.25) is 0 Å². The second-order valence-electron chi connectivity index (χ2n) is 1.67. The molecule has 1 aromatic carbocycles. The molecule has 7 heteroatoms. The van der Waals surface area contributed by atoms with Crippen molar-refractivity contribution in [3.63, 3.8) is 0 Å². The van der Waals surface area contributed by atoms with Crippen molar-refractivity contribution in [2.75, 3.05) is 13.0 Å². The zero-order valence-electron chi connectivity index (χ0n) is 8.40. The van der Waals surface area contributed by atoms with Gasteiger partial charge in [-0.25, -0.2) is 12.1 Å². The van der Waals surface area contributed by atoms with Crippen molar-refractivity contribution in [1.29, 1.82) is 0 Å². The summed E-state index contributed by atoms with van der Waals surface area (Å²) in [5, 5.41) is 0. The average molecular weight is 286 g/mol. The number of methoxy groups -OCH3 is 1. The molecule has 16 heavy (non-hydrogen) atoms. The van der Waals surface area contributed by atoms with Crippen LogP contribution in [-0.2, 0) is 42.2 Å². The summed E-state index contributed by atoms with van der Waals surface area (Å²) in [5.74, 6) is -0.208. The summed E-state index contributed by atoms with van der Waals surface area (Å²) in [4.78, 5) is 0. The summed E-state index contributed by atoms with van der Waals surface area (Å²) in [6.07, 6.45) is 0. The van der Waals surface area contributed by atoms with Crippen molar-refractivity contribution < 1.29 is 39.9 Å². The minimum atomic E-state index is -2.04. The van der Waals surface area contributed by atoms with E-state index >= 15 is 0 Å². The van der Waals surface area contributed by atoms with Gasteiger partial charge in [-0.15, -0.1) is 0 Å². The Bertz CT molecular complexity index is 222. The monoisotopic (exact) mass is 286 g/mol. The van der Waals surface area contributed by atoms with Crippen LogP contribution >= 0.6 is 0 Å². The van der Waals surface area contributed by atoms with Crippen LogP contribution in [0.15, 0.2) is 30.3 Å². The van der Waals surface area contributed by atoms with Gasteiger partial charge in [-0.3, -0.25) is 4.21 Å². The van der Waals surface area contributed by atoms with Crippen LogP contribution in [0.5, 0.6) is 0 Å². The van der Waals surface area contributed by atoms with Crippen LogP contribution in [0, 0.1) is 13.3 Å². The summed E-state index contributed by atoms with van der Waals surface area (Å²) in [6.45, 7) is 9.00. The zero-order chi connectivity index (χ0) is 12.5. The first-order valence-electron chi connectivity index (χ1n) is 3.39. The Kier molecular flexibility index (Phi) is 45.0. The summed E-state index contributed by atoms with van der Waals surface area (Å²) in [6, 6.07) is 10.0. The van der Waals surface area contributed by atoms with E-state index in [1.165, 1.54) is 7.11 Å². The molecule has 0 spiro atoms. The molecule has 1 atom stereocenters. The van der Waals surface area contributed by atoms with Crippen LogP contribution in [0.25, 0.3) is 0 Å². The van der Waals surface area contributed by atoms with Crippen LogP contribution < -0.4 is 0 Å². The molecule has 0 N–H and O–H groups in total. The number of ether oxygens (including phenoxy) is 1. The normalized spacial score (nSPS) is 8.12. The van der Waals surface area contributed by atoms with E-state index in [2.05, 4.69) is 18.0 Å². The summed E-state index contributed by atoms with van der Waals surface area (Å²) >= 11 is -2.04. The van der Waals surface area contributed by atoms with Crippen LogP contribution in [0.3, 0.4) is 0 Å². The van der Waals surface area contributed by atoms with Crippen LogP contribution in [0.4, 0.5) is 0 Å². The molecule has 0 saturated carbocycles. The van der Waals surface area contributed by atoms with Gasteiger partial charge in [0.15, 0.2) is 0 Å². The van der Waals surface area contributed by atoms with Gasteiger partial charge in [-0.1, -0.05) is 0 Å². The Labute approximate surface area is 108 Å². The van der Waals surface area contributed by atoms with E-state index in [1.54, 1.807) is 0 Å². The Morgan fingerprint density at radius 3 is 1.75 bits per heavy atom. The van der Waals surface area contributed by atoms with Crippen molar-refractivity contribution in [1.82, 2.24) is 0 Å². The molecule has 5 nitrogen and oxygen atoms in total. The van der Waals surface area contributed by atoms with E-state index in [4.69, 9.17) is 9.30 Å². The molecule has 0 amide bonds. The Balaban J connectivity index is -0.0000000658. The molecule has 0 bridgehead atoms. The smallest absolute Gasteiger partial charge is 0.214 e. The van der Waals surface area contributed by atoms with Crippen LogP contribution in [0.1, 0.15) is 0 Å². The minimum absolute atomic E-state index is 0. The van der Waals surface area contributed by atoms with Gasteiger partial charge >= 0.3 is 39.7 Å². The molecule has 0 aromatic heterocycles. The Morgan fingerprint density at radius 1 is 1.31 bits per heavy atom. The summed E-state index contributed by atoms with van der Waals surface area (Å²) < 4.78 is 38.1. The van der Waals surface area contributed by atoms with Gasteiger partial charge in [0.05, 0.1) is 0 Å². The third kappa shape index (κ3) is 37.6. The SMILES string of the molecule is COCS(=O)[O-].[C-]#[O+].[C-]#[O+].[Fe+6].c1cc[cH-]c1. The number of rotatable bonds is 2. The fourth-order valence-electron chi connectivity index (χ4n) is 0.417. The first kappa shape index (κ1) is 24.6. The van der Waals surface area contributed by atoms with E-state index in [-0.39, 0.29) is 23.0 Å². The van der Waals surface area contributed by atoms with Gasteiger partial charge in [-0.2, -0.15) is 18.2 Å². The number of hydrogen-bond acceptors (Lipinski definition) is 3. The Morgan fingerprint density at radius 2 is 1.69 bits per heavy atom. The topological polar surface area (TPSA) is 89.2 Å². The predicted octanol–water partition coefficient (Wildman–Crippen LogP) is 0.797. The molecule has 0 saturated heterocycles. The molecule has 86 valence electrons. The van der Waals surface area contributed by atoms with E-state index < -0.39 is 11.1 Å². The summed E-state index contributed by atoms with van der Waals surface area (Å²) in [7, 11) is 1.33. The predicted molar refractivity (Wildman–Crippen MR) is 50.7 cm³/mol. The Hall–Kier alpha value is -0.581. The van der Waals surface area contributed by atoms with Gasteiger partial charge < -0.3 is 9.29 Å². The molecule has 0 fully saturated rings. The van der Waals surface area contributed by atoms with Crippen molar-refractivity contribution >= 4 is 11.1 Å². The number of hydrogen-bond donors (Lipinski definition) is 0. The third-order valence-corrected chi connectivity index (χ3v) is 1.20. The second kappa shape index (κ2) is 29.3. The van der Waals surface area contributed by atoms with Crippen LogP contribution in [0.2, 0.25) is 0 Å². The van der Waals surface area contributed by atoms with Gasteiger partial charge in [0.1, 0.15) is 5.94 Å². The first-order valence-corrected chi connectivity index (χ1v) is 4.64. The van der Waals surface area contributed by atoms with Crippen LogP contribution in [-0.4, -0.2) is 21.8 Å². The maximum atomic E-state index is 9.47. The van der Waals surface area contributed by atoms with E-state index in [1.807, 2.05) is 30.3 Å². The standard InChI is InChI=1S/C5H5.C2H6O3S.2CO.Fe/c1-2-4-5-3-1;1-5-2-6(3)4;2*1-2;/h1-5H;2H2,1H3,(H,3,4);;;/q-1;;;;+6/p-1. The first-order chi connectivity index (χ1) is 7.27. The molecule has 0 heterocycles. The maximum Gasteiger partial charge on any atom is 6.00 e. The maximum absolute atomic E-state index is 9.47. The molecule has 0 radical (unpaired) electrons. The molecule has 1 aromatic rings. The molecular weight excluding hydrogens is 276 g/mol. The van der Waals surface area contributed by atoms with E-state index in [0.717, 1.165) is 0 Å². The quantitative estimate of drug-likeness (QED) is 0.348. The van der Waals surface area contributed by atoms with Gasteiger partial charge in [0, 0.05) is 7.11 Å². The van der Waals surface area contributed by atoms with Gasteiger partial charge in [0.25, 0.3) is 0 Å². The molecule has 1 rings (SSSR count). The van der Waals surface area contributed by atoms with Crippen molar-refractivity contribution in [2.45, 2.75) is 0 Å². The fourth-order valence-corrected chi connectivity index (χ4v) is 0.609. The minimum Gasteiger partial charge on any atom is -0.214 e. The van der Waals surface area contributed by atoms with Crippen molar-refractivity contribution in [3.8, 4) is 0 Å². The summed E-state index contributed by atoms with van der Waals surface area (Å²) in [5.41, 5.74) is 0. The molecule has 0 aliphatic carbocycles. The third-order valence-electron chi connectivity index (χ3n) is 0.770. The molecule has 0 aliphatic heterocycles. The largest absolute Gasteiger partial charge is 6.00 e. The molecule has 0 aliphatic rings. The van der Waals surface area contributed by atoms with Gasteiger partial charge in [-0.05, 0) is 11.1 Å². The average Bonchev–Trinajstić information content (AvgIpc) is 2.82. The molecule has 1 unspecified atom stereocenters. The molecular formula is C9H10FeO5S+4. The van der Waals surface area contributed by atoms with E-state index in [9.17, 15) is 8.76 Å². The second-order valence-corrected chi connectivity index (χ2v) is 2.52. The van der Waals surface area contributed by atoms with Crippen molar-refractivity contribution in [2.24, 2.45) is 0 Å². The zero-order valence-corrected chi connectivity index (χ0v) is 10.3. The fraction of sp³-hybridized carbons (Fsp3) is 0.222. The van der Waals surface area contributed by atoms with E-state index in [0.29, 0.717) is 0 Å².